The van der Waals surface area contributed by atoms with Crippen LogP contribution in [0.1, 0.15) is 17.2 Å². The van der Waals surface area contributed by atoms with E-state index in [9.17, 15) is 0 Å². The highest BCUT2D eigenvalue weighted by atomic mass is 35.5. The summed E-state index contributed by atoms with van der Waals surface area (Å²) in [6.45, 7) is 0. The summed E-state index contributed by atoms with van der Waals surface area (Å²) in [4.78, 5) is 0. The zero-order chi connectivity index (χ0) is 12.3. The van der Waals surface area contributed by atoms with Crippen LogP contribution in [0.5, 0.6) is 0 Å². The van der Waals surface area contributed by atoms with E-state index < -0.39 is 0 Å². The van der Waals surface area contributed by atoms with Crippen molar-refractivity contribution < 1.29 is 0 Å². The molecule has 0 amide bonds. The van der Waals surface area contributed by atoms with Crippen molar-refractivity contribution in [2.24, 2.45) is 5.73 Å². The molecule has 0 fully saturated rings. The van der Waals surface area contributed by atoms with E-state index in [0.717, 1.165) is 22.6 Å². The largest absolute Gasteiger partial charge is 0.324 e. The van der Waals surface area contributed by atoms with Crippen LogP contribution in [0.3, 0.4) is 0 Å². The van der Waals surface area contributed by atoms with Crippen LogP contribution in [0.25, 0.3) is 0 Å². The molecule has 1 unspecified atom stereocenters. The Labute approximate surface area is 111 Å². The van der Waals surface area contributed by atoms with Crippen molar-refractivity contribution in [2.45, 2.75) is 12.5 Å². The molecule has 1 atom stereocenters. The molecule has 0 aliphatic heterocycles. The molecule has 17 heavy (non-hydrogen) atoms. The second-order valence-electron chi connectivity index (χ2n) is 3.96. The Morgan fingerprint density at radius 2 is 1.76 bits per heavy atom. The molecule has 0 aliphatic rings. The average Bonchev–Trinajstić information content (AvgIpc) is 2.29. The molecule has 0 heterocycles. The van der Waals surface area contributed by atoms with Crippen molar-refractivity contribution in [1.82, 2.24) is 0 Å². The fourth-order valence-corrected chi connectivity index (χ4v) is 2.29. The predicted octanol–water partition coefficient (Wildman–Crippen LogP) is 4.24. The summed E-state index contributed by atoms with van der Waals surface area (Å²) >= 11 is 12.0. The van der Waals surface area contributed by atoms with Gasteiger partial charge in [-0.1, -0.05) is 53.5 Å². The van der Waals surface area contributed by atoms with Crippen LogP contribution in [0, 0.1) is 0 Å². The maximum Gasteiger partial charge on any atom is 0.0453 e. The second-order valence-corrected chi connectivity index (χ2v) is 4.81. The zero-order valence-corrected chi connectivity index (χ0v) is 10.7. The van der Waals surface area contributed by atoms with E-state index in [2.05, 4.69) is 0 Å². The van der Waals surface area contributed by atoms with Crippen molar-refractivity contribution in [3.05, 3.63) is 69.7 Å². The van der Waals surface area contributed by atoms with Crippen LogP contribution >= 0.6 is 23.2 Å². The van der Waals surface area contributed by atoms with E-state index >= 15 is 0 Å². The molecule has 0 radical (unpaired) electrons. The van der Waals surface area contributed by atoms with Gasteiger partial charge in [-0.05, 0) is 35.7 Å². The Balaban J connectivity index is 2.17. The summed E-state index contributed by atoms with van der Waals surface area (Å²) in [6, 6.07) is 15.3. The van der Waals surface area contributed by atoms with Crippen molar-refractivity contribution in [1.29, 1.82) is 0 Å². The van der Waals surface area contributed by atoms with Crippen molar-refractivity contribution in [3.8, 4) is 0 Å². The van der Waals surface area contributed by atoms with Crippen LogP contribution in [0.15, 0.2) is 48.5 Å². The Morgan fingerprint density at radius 3 is 2.47 bits per heavy atom. The summed E-state index contributed by atoms with van der Waals surface area (Å²) in [6.07, 6.45) is 0.726. The SMILES string of the molecule is NC(Cc1cccc(Cl)c1)c1ccccc1Cl. The summed E-state index contributed by atoms with van der Waals surface area (Å²) < 4.78 is 0. The maximum atomic E-state index is 6.15. The molecule has 2 aromatic rings. The minimum atomic E-state index is -0.109. The Bertz CT molecular complexity index is 511. The number of halogens is 2. The number of benzene rings is 2. The van der Waals surface area contributed by atoms with Gasteiger partial charge >= 0.3 is 0 Å². The first-order valence-corrected chi connectivity index (χ1v) is 6.17. The first kappa shape index (κ1) is 12.4. The Kier molecular flexibility index (Phi) is 4.06. The third-order valence-electron chi connectivity index (χ3n) is 2.65. The maximum absolute atomic E-state index is 6.15. The molecule has 3 heteroatoms. The van der Waals surface area contributed by atoms with Crippen LogP contribution in [0.4, 0.5) is 0 Å². The lowest BCUT2D eigenvalue weighted by molar-refractivity contribution is 0.722. The van der Waals surface area contributed by atoms with E-state index in [-0.39, 0.29) is 6.04 Å². The standard InChI is InChI=1S/C14H13Cl2N/c15-11-5-3-4-10(8-11)9-14(17)12-6-1-2-7-13(12)16/h1-8,14H,9,17H2. The number of nitrogens with two attached hydrogens (primary N) is 1. The fourth-order valence-electron chi connectivity index (χ4n) is 1.80. The number of hydrogen-bond donors (Lipinski definition) is 1. The average molecular weight is 266 g/mol. The highest BCUT2D eigenvalue weighted by Crippen LogP contribution is 2.24. The molecular weight excluding hydrogens is 253 g/mol. The van der Waals surface area contributed by atoms with Gasteiger partial charge in [0.05, 0.1) is 0 Å². The first-order valence-electron chi connectivity index (χ1n) is 5.41. The topological polar surface area (TPSA) is 26.0 Å². The van der Waals surface area contributed by atoms with Crippen LogP contribution < -0.4 is 5.73 Å². The van der Waals surface area contributed by atoms with Crippen LogP contribution in [0.2, 0.25) is 10.0 Å². The molecule has 0 bridgehead atoms. The van der Waals surface area contributed by atoms with Gasteiger partial charge in [0, 0.05) is 16.1 Å². The van der Waals surface area contributed by atoms with E-state index in [4.69, 9.17) is 28.9 Å². The van der Waals surface area contributed by atoms with E-state index in [1.165, 1.54) is 0 Å². The molecule has 0 saturated heterocycles. The second kappa shape index (κ2) is 5.54. The van der Waals surface area contributed by atoms with Gasteiger partial charge < -0.3 is 5.73 Å². The molecule has 0 spiro atoms. The van der Waals surface area contributed by atoms with Gasteiger partial charge in [-0.2, -0.15) is 0 Å². The minimum absolute atomic E-state index is 0.109. The van der Waals surface area contributed by atoms with Crippen molar-refractivity contribution >= 4 is 23.2 Å². The lowest BCUT2D eigenvalue weighted by Gasteiger charge is -2.13. The zero-order valence-electron chi connectivity index (χ0n) is 9.24. The highest BCUT2D eigenvalue weighted by molar-refractivity contribution is 6.31. The highest BCUT2D eigenvalue weighted by Gasteiger charge is 2.10. The van der Waals surface area contributed by atoms with Crippen LogP contribution in [-0.4, -0.2) is 0 Å². The lowest BCUT2D eigenvalue weighted by Crippen LogP contribution is -2.13. The molecule has 1 nitrogen and oxygen atoms in total. The molecule has 0 aromatic heterocycles. The van der Waals surface area contributed by atoms with Gasteiger partial charge in [-0.15, -0.1) is 0 Å². The van der Waals surface area contributed by atoms with Crippen LogP contribution in [-0.2, 0) is 6.42 Å². The van der Waals surface area contributed by atoms with Gasteiger partial charge in [0.1, 0.15) is 0 Å². The van der Waals surface area contributed by atoms with Gasteiger partial charge in [0.15, 0.2) is 0 Å². The molecule has 2 N–H and O–H groups in total. The predicted molar refractivity (Wildman–Crippen MR) is 73.5 cm³/mol. The summed E-state index contributed by atoms with van der Waals surface area (Å²) in [5, 5.41) is 1.44. The smallest absolute Gasteiger partial charge is 0.0453 e. The Hall–Kier alpha value is -1.02. The fraction of sp³-hybridized carbons (Fsp3) is 0.143. The normalized spacial score (nSPS) is 12.4. The lowest BCUT2D eigenvalue weighted by atomic mass is 10.00. The molecule has 0 saturated carbocycles. The quantitative estimate of drug-likeness (QED) is 0.883. The molecule has 2 aromatic carbocycles. The molecular formula is C14H13Cl2N. The van der Waals surface area contributed by atoms with Crippen molar-refractivity contribution in [2.75, 3.05) is 0 Å². The minimum Gasteiger partial charge on any atom is -0.324 e. The van der Waals surface area contributed by atoms with Gasteiger partial charge in [0.2, 0.25) is 0 Å². The molecule has 0 aliphatic carbocycles. The number of hydrogen-bond acceptors (Lipinski definition) is 1. The van der Waals surface area contributed by atoms with Gasteiger partial charge in [-0.25, -0.2) is 0 Å². The Morgan fingerprint density at radius 1 is 1.00 bits per heavy atom. The summed E-state index contributed by atoms with van der Waals surface area (Å²) in [7, 11) is 0. The molecule has 2 rings (SSSR count). The monoisotopic (exact) mass is 265 g/mol. The third-order valence-corrected chi connectivity index (χ3v) is 3.23. The molecule has 88 valence electrons. The number of rotatable bonds is 3. The summed E-state index contributed by atoms with van der Waals surface area (Å²) in [5.41, 5.74) is 8.23. The summed E-state index contributed by atoms with van der Waals surface area (Å²) in [5.74, 6) is 0. The van der Waals surface area contributed by atoms with Gasteiger partial charge in [0.25, 0.3) is 0 Å². The third kappa shape index (κ3) is 3.22. The van der Waals surface area contributed by atoms with E-state index in [0.29, 0.717) is 5.02 Å². The van der Waals surface area contributed by atoms with E-state index in [1.807, 2.05) is 48.5 Å². The van der Waals surface area contributed by atoms with Crippen molar-refractivity contribution in [3.63, 3.8) is 0 Å². The van der Waals surface area contributed by atoms with Gasteiger partial charge in [-0.3, -0.25) is 0 Å². The first-order chi connectivity index (χ1) is 8.16. The van der Waals surface area contributed by atoms with E-state index in [1.54, 1.807) is 0 Å².